The zero-order chi connectivity index (χ0) is 18.0. The van der Waals surface area contributed by atoms with E-state index in [1.807, 2.05) is 45.0 Å². The molecule has 0 saturated carbocycles. The number of rotatable bonds is 4. The number of carbonyl (C=O) groups is 1. The number of allylic oxidation sites excluding steroid dienone is 1. The van der Waals surface area contributed by atoms with E-state index in [0.29, 0.717) is 23.8 Å². The standard InChI is InChI=1S/C19H25N3O2S/c1-12(2)11-24-18(23)16-13(3)21-19-22(9-4-10-25-19)17(16)14-5-7-15(20)8-6-14/h5-8,12,17H,4,9-11,20H2,1-3H3/t17-/m1/s1. The van der Waals surface area contributed by atoms with E-state index < -0.39 is 0 Å². The molecular weight excluding hydrogens is 334 g/mol. The van der Waals surface area contributed by atoms with Crippen molar-refractivity contribution in [3.05, 3.63) is 41.1 Å². The summed E-state index contributed by atoms with van der Waals surface area (Å²) < 4.78 is 5.54. The summed E-state index contributed by atoms with van der Waals surface area (Å²) in [5, 5.41) is 0.992. The molecule has 1 atom stereocenters. The van der Waals surface area contributed by atoms with E-state index >= 15 is 0 Å². The molecule has 0 bridgehead atoms. The van der Waals surface area contributed by atoms with Crippen molar-refractivity contribution in [3.63, 3.8) is 0 Å². The minimum absolute atomic E-state index is 0.166. The van der Waals surface area contributed by atoms with E-state index in [2.05, 4.69) is 9.89 Å². The number of benzene rings is 1. The molecule has 2 heterocycles. The van der Waals surface area contributed by atoms with Gasteiger partial charge in [-0.05, 0) is 37.0 Å². The van der Waals surface area contributed by atoms with Crippen molar-refractivity contribution in [2.24, 2.45) is 10.9 Å². The maximum atomic E-state index is 12.8. The zero-order valence-electron chi connectivity index (χ0n) is 15.0. The van der Waals surface area contributed by atoms with Gasteiger partial charge >= 0.3 is 5.97 Å². The van der Waals surface area contributed by atoms with Crippen LogP contribution >= 0.6 is 11.8 Å². The lowest BCUT2D eigenvalue weighted by Gasteiger charge is -2.40. The molecule has 2 aliphatic rings. The number of thioether (sulfide) groups is 1. The number of carbonyl (C=O) groups excluding carboxylic acids is 1. The summed E-state index contributed by atoms with van der Waals surface area (Å²) in [6.07, 6.45) is 1.07. The molecule has 0 aromatic heterocycles. The number of fused-ring (bicyclic) bond motifs is 1. The predicted molar refractivity (Wildman–Crippen MR) is 103 cm³/mol. The van der Waals surface area contributed by atoms with Crippen LogP contribution in [0, 0.1) is 5.92 Å². The number of hydrogen-bond donors (Lipinski definition) is 1. The molecule has 5 nitrogen and oxygen atoms in total. The van der Waals surface area contributed by atoms with Gasteiger partial charge in [0.2, 0.25) is 0 Å². The third-order valence-corrected chi connectivity index (χ3v) is 5.36. The number of nitrogens with two attached hydrogens (primary N) is 1. The molecule has 0 radical (unpaired) electrons. The first kappa shape index (κ1) is 17.9. The van der Waals surface area contributed by atoms with Gasteiger partial charge in [0, 0.05) is 18.0 Å². The highest BCUT2D eigenvalue weighted by Gasteiger charge is 2.37. The largest absolute Gasteiger partial charge is 0.462 e. The molecule has 0 amide bonds. The molecule has 2 aliphatic heterocycles. The molecule has 1 aromatic carbocycles. The SMILES string of the molecule is CC1=C(C(=O)OCC(C)C)[C@@H](c2ccc(N)cc2)N2CCCSC2=N1. The van der Waals surface area contributed by atoms with E-state index in [1.54, 1.807) is 11.8 Å². The minimum Gasteiger partial charge on any atom is -0.462 e. The lowest BCUT2D eigenvalue weighted by atomic mass is 9.94. The van der Waals surface area contributed by atoms with Crippen LogP contribution in [0.2, 0.25) is 0 Å². The summed E-state index contributed by atoms with van der Waals surface area (Å²) in [5.41, 5.74) is 8.98. The van der Waals surface area contributed by atoms with Crippen LogP contribution < -0.4 is 5.73 Å². The van der Waals surface area contributed by atoms with Gasteiger partial charge in [-0.1, -0.05) is 37.7 Å². The monoisotopic (exact) mass is 359 g/mol. The normalized spacial score (nSPS) is 20.4. The lowest BCUT2D eigenvalue weighted by molar-refractivity contribution is -0.140. The topological polar surface area (TPSA) is 67.9 Å². The minimum atomic E-state index is -0.272. The van der Waals surface area contributed by atoms with Gasteiger partial charge in [0.25, 0.3) is 0 Å². The summed E-state index contributed by atoms with van der Waals surface area (Å²) in [6.45, 7) is 7.26. The van der Waals surface area contributed by atoms with Gasteiger partial charge in [0.15, 0.2) is 5.17 Å². The first-order chi connectivity index (χ1) is 12.0. The quantitative estimate of drug-likeness (QED) is 0.657. The first-order valence-electron chi connectivity index (χ1n) is 8.69. The molecule has 2 N–H and O–H groups in total. The number of amidine groups is 1. The van der Waals surface area contributed by atoms with Crippen LogP contribution in [0.15, 0.2) is 40.5 Å². The Bertz CT molecular complexity index is 710. The Balaban J connectivity index is 2.01. The second-order valence-electron chi connectivity index (χ2n) is 6.85. The van der Waals surface area contributed by atoms with Crippen molar-refractivity contribution >= 4 is 28.6 Å². The molecule has 1 aromatic rings. The lowest BCUT2D eigenvalue weighted by Crippen LogP contribution is -2.42. The Morgan fingerprint density at radius 2 is 2.12 bits per heavy atom. The molecule has 134 valence electrons. The molecule has 1 fully saturated rings. The zero-order valence-corrected chi connectivity index (χ0v) is 15.8. The molecule has 6 heteroatoms. The fourth-order valence-electron chi connectivity index (χ4n) is 3.07. The summed E-state index contributed by atoms with van der Waals surface area (Å²) >= 11 is 1.75. The summed E-state index contributed by atoms with van der Waals surface area (Å²) in [4.78, 5) is 19.7. The Morgan fingerprint density at radius 3 is 2.80 bits per heavy atom. The molecule has 25 heavy (non-hydrogen) atoms. The summed E-state index contributed by atoms with van der Waals surface area (Å²) in [6, 6.07) is 7.57. The Labute approximate surface area is 153 Å². The van der Waals surface area contributed by atoms with Gasteiger partial charge < -0.3 is 15.4 Å². The van der Waals surface area contributed by atoms with Crippen molar-refractivity contribution in [3.8, 4) is 0 Å². The number of aliphatic imine (C=N–C) groups is 1. The summed E-state index contributed by atoms with van der Waals surface area (Å²) in [5.74, 6) is 1.09. The van der Waals surface area contributed by atoms with Gasteiger partial charge in [-0.2, -0.15) is 0 Å². The van der Waals surface area contributed by atoms with Gasteiger partial charge in [0.05, 0.1) is 23.9 Å². The highest BCUT2D eigenvalue weighted by atomic mass is 32.2. The van der Waals surface area contributed by atoms with E-state index in [1.165, 1.54) is 0 Å². The second-order valence-corrected chi connectivity index (χ2v) is 7.91. The van der Waals surface area contributed by atoms with Crippen LogP contribution in [0.3, 0.4) is 0 Å². The maximum absolute atomic E-state index is 12.8. The van der Waals surface area contributed by atoms with Crippen molar-refractivity contribution in [2.75, 3.05) is 24.6 Å². The number of hydrogen-bond acceptors (Lipinski definition) is 6. The van der Waals surface area contributed by atoms with Crippen LogP contribution in [-0.2, 0) is 9.53 Å². The number of nitrogen functional groups attached to an aromatic ring is 1. The van der Waals surface area contributed by atoms with Crippen molar-refractivity contribution < 1.29 is 9.53 Å². The van der Waals surface area contributed by atoms with Crippen molar-refractivity contribution in [2.45, 2.75) is 33.2 Å². The Morgan fingerprint density at radius 1 is 1.40 bits per heavy atom. The number of nitrogens with zero attached hydrogens (tertiary/aromatic N) is 2. The van der Waals surface area contributed by atoms with Crippen LogP contribution in [0.4, 0.5) is 5.69 Å². The number of esters is 1. The Kier molecular flexibility index (Phi) is 5.37. The van der Waals surface area contributed by atoms with Gasteiger partial charge in [-0.15, -0.1) is 0 Å². The van der Waals surface area contributed by atoms with Crippen LogP contribution in [0.25, 0.3) is 0 Å². The third-order valence-electron chi connectivity index (χ3n) is 4.28. The fraction of sp³-hybridized carbons (Fsp3) is 0.474. The first-order valence-corrected chi connectivity index (χ1v) is 9.67. The third kappa shape index (κ3) is 3.84. The second kappa shape index (κ2) is 7.52. The van der Waals surface area contributed by atoms with Crippen molar-refractivity contribution in [1.29, 1.82) is 0 Å². The average Bonchev–Trinajstić information content (AvgIpc) is 2.59. The Hall–Kier alpha value is -1.95. The maximum Gasteiger partial charge on any atom is 0.338 e. The highest BCUT2D eigenvalue weighted by Crippen LogP contribution is 2.40. The molecule has 0 unspecified atom stereocenters. The van der Waals surface area contributed by atoms with Crippen LogP contribution in [-0.4, -0.2) is 34.9 Å². The number of ether oxygens (including phenoxy) is 1. The predicted octanol–water partition coefficient (Wildman–Crippen LogP) is 3.59. The number of anilines is 1. The highest BCUT2D eigenvalue weighted by molar-refractivity contribution is 8.13. The van der Waals surface area contributed by atoms with E-state index in [0.717, 1.165) is 35.1 Å². The molecule has 1 saturated heterocycles. The summed E-state index contributed by atoms with van der Waals surface area (Å²) in [7, 11) is 0. The molecule has 3 rings (SSSR count). The van der Waals surface area contributed by atoms with E-state index in [-0.39, 0.29) is 12.0 Å². The van der Waals surface area contributed by atoms with E-state index in [9.17, 15) is 4.79 Å². The van der Waals surface area contributed by atoms with Crippen LogP contribution in [0.5, 0.6) is 0 Å². The van der Waals surface area contributed by atoms with Gasteiger partial charge in [-0.25, -0.2) is 9.79 Å². The van der Waals surface area contributed by atoms with Crippen molar-refractivity contribution in [1.82, 2.24) is 4.90 Å². The average molecular weight is 359 g/mol. The smallest absolute Gasteiger partial charge is 0.338 e. The molecule has 0 spiro atoms. The van der Waals surface area contributed by atoms with E-state index in [4.69, 9.17) is 10.5 Å². The molecule has 0 aliphatic carbocycles. The van der Waals surface area contributed by atoms with Gasteiger partial charge in [0.1, 0.15) is 0 Å². The van der Waals surface area contributed by atoms with Gasteiger partial charge in [-0.3, -0.25) is 0 Å². The van der Waals surface area contributed by atoms with Crippen LogP contribution in [0.1, 0.15) is 38.8 Å². The fourth-order valence-corrected chi connectivity index (χ4v) is 4.09. The molecular formula is C19H25N3O2S.